The van der Waals surface area contributed by atoms with E-state index in [4.69, 9.17) is 22.4 Å². The van der Waals surface area contributed by atoms with Crippen molar-refractivity contribution in [1.82, 2.24) is 0 Å². The van der Waals surface area contributed by atoms with Crippen LogP contribution >= 0.6 is 11.6 Å². The van der Waals surface area contributed by atoms with Crippen molar-refractivity contribution < 1.29 is 14.7 Å². The summed E-state index contributed by atoms with van der Waals surface area (Å²) in [5.41, 5.74) is 7.34. The Morgan fingerprint density at radius 1 is 1.14 bits per heavy atom. The molecule has 0 aliphatic carbocycles. The lowest BCUT2D eigenvalue weighted by molar-refractivity contribution is 0.0696. The number of rotatable bonds is 5. The third-order valence-corrected chi connectivity index (χ3v) is 3.26. The van der Waals surface area contributed by atoms with Gasteiger partial charge in [0.25, 0.3) is 0 Å². The maximum absolute atomic E-state index is 11.2. The number of benzene rings is 2. The van der Waals surface area contributed by atoms with Crippen LogP contribution in [0.25, 0.3) is 0 Å². The summed E-state index contributed by atoms with van der Waals surface area (Å²) in [4.78, 5) is 22.0. The predicted octanol–water partition coefficient (Wildman–Crippen LogP) is 2.75. The fourth-order valence-electron chi connectivity index (χ4n) is 1.79. The Morgan fingerprint density at radius 3 is 2.38 bits per heavy atom. The fourth-order valence-corrected chi connectivity index (χ4v) is 2.00. The van der Waals surface area contributed by atoms with E-state index in [0.717, 1.165) is 5.56 Å². The maximum atomic E-state index is 11.2. The van der Waals surface area contributed by atoms with Crippen LogP contribution in [-0.4, -0.2) is 17.0 Å². The maximum Gasteiger partial charge on any atom is 0.335 e. The summed E-state index contributed by atoms with van der Waals surface area (Å²) < 4.78 is 0. The number of nitrogens with two attached hydrogens (primary N) is 1. The van der Waals surface area contributed by atoms with Crippen LogP contribution in [0, 0.1) is 0 Å². The normalized spacial score (nSPS) is 10.1. The number of nitrogens with one attached hydrogen (secondary N) is 1. The molecule has 0 aliphatic rings. The molecule has 5 nitrogen and oxygen atoms in total. The van der Waals surface area contributed by atoms with Gasteiger partial charge in [0.15, 0.2) is 0 Å². The van der Waals surface area contributed by atoms with Crippen LogP contribution in [0.1, 0.15) is 26.3 Å². The van der Waals surface area contributed by atoms with Gasteiger partial charge in [0.05, 0.1) is 16.1 Å². The third kappa shape index (κ3) is 3.73. The van der Waals surface area contributed by atoms with Gasteiger partial charge in [-0.15, -0.1) is 0 Å². The molecule has 0 spiro atoms. The first kappa shape index (κ1) is 14.9. The van der Waals surface area contributed by atoms with Gasteiger partial charge in [0.2, 0.25) is 5.91 Å². The minimum absolute atomic E-state index is 0.237. The van der Waals surface area contributed by atoms with Crippen LogP contribution in [0.2, 0.25) is 5.02 Å². The van der Waals surface area contributed by atoms with Gasteiger partial charge in [0.1, 0.15) is 0 Å². The van der Waals surface area contributed by atoms with E-state index in [1.165, 1.54) is 12.1 Å². The van der Waals surface area contributed by atoms with E-state index in [0.29, 0.717) is 17.3 Å². The van der Waals surface area contributed by atoms with Crippen molar-refractivity contribution in [3.63, 3.8) is 0 Å². The third-order valence-electron chi connectivity index (χ3n) is 2.93. The predicted molar refractivity (Wildman–Crippen MR) is 80.7 cm³/mol. The van der Waals surface area contributed by atoms with Crippen LogP contribution in [-0.2, 0) is 6.54 Å². The van der Waals surface area contributed by atoms with E-state index >= 15 is 0 Å². The summed E-state index contributed by atoms with van der Waals surface area (Å²) >= 11 is 5.87. The molecule has 0 bridgehead atoms. The highest BCUT2D eigenvalue weighted by Crippen LogP contribution is 2.20. The lowest BCUT2D eigenvalue weighted by Crippen LogP contribution is -2.12. The molecule has 0 aliphatic heterocycles. The number of halogens is 1. The average Bonchev–Trinajstić information content (AvgIpc) is 2.46. The summed E-state index contributed by atoms with van der Waals surface area (Å²) in [6, 6.07) is 11.4. The van der Waals surface area contributed by atoms with E-state index in [-0.39, 0.29) is 11.1 Å². The molecule has 2 aromatic carbocycles. The lowest BCUT2D eigenvalue weighted by Gasteiger charge is -2.09. The molecule has 6 heteroatoms. The van der Waals surface area contributed by atoms with Gasteiger partial charge in [-0.05, 0) is 35.9 Å². The summed E-state index contributed by atoms with van der Waals surface area (Å²) in [5.74, 6) is -1.55. The zero-order valence-corrected chi connectivity index (χ0v) is 11.7. The molecule has 21 heavy (non-hydrogen) atoms. The summed E-state index contributed by atoms with van der Waals surface area (Å²) in [5, 5.41) is 12.2. The van der Waals surface area contributed by atoms with Crippen molar-refractivity contribution >= 4 is 29.2 Å². The SMILES string of the molecule is NC(=O)c1cc(NCc2ccc(C(=O)O)cc2)ccc1Cl. The molecule has 0 aromatic heterocycles. The van der Waals surface area contributed by atoms with Crippen LogP contribution < -0.4 is 11.1 Å². The highest BCUT2D eigenvalue weighted by Gasteiger charge is 2.07. The van der Waals surface area contributed by atoms with E-state index < -0.39 is 11.9 Å². The second-order valence-electron chi connectivity index (χ2n) is 4.41. The zero-order valence-electron chi connectivity index (χ0n) is 11.0. The number of carboxylic acid groups (broad SMARTS) is 1. The fraction of sp³-hybridized carbons (Fsp3) is 0.0667. The van der Waals surface area contributed by atoms with Gasteiger partial charge < -0.3 is 16.2 Å². The van der Waals surface area contributed by atoms with E-state index in [9.17, 15) is 9.59 Å². The Hall–Kier alpha value is -2.53. The van der Waals surface area contributed by atoms with Crippen molar-refractivity contribution in [1.29, 1.82) is 0 Å². The van der Waals surface area contributed by atoms with Gasteiger partial charge in [-0.3, -0.25) is 4.79 Å². The number of anilines is 1. The summed E-state index contributed by atoms with van der Waals surface area (Å²) in [6.07, 6.45) is 0. The number of carbonyl (C=O) groups is 2. The Kier molecular flexibility index (Phi) is 4.45. The van der Waals surface area contributed by atoms with Gasteiger partial charge in [-0.25, -0.2) is 4.79 Å². The number of primary amides is 1. The monoisotopic (exact) mass is 304 g/mol. The van der Waals surface area contributed by atoms with Crippen LogP contribution in [0.15, 0.2) is 42.5 Å². The Bertz CT molecular complexity index is 684. The van der Waals surface area contributed by atoms with Crippen molar-refractivity contribution in [2.24, 2.45) is 5.73 Å². The number of hydrogen-bond donors (Lipinski definition) is 3. The van der Waals surface area contributed by atoms with Crippen LogP contribution in [0.4, 0.5) is 5.69 Å². The van der Waals surface area contributed by atoms with Crippen molar-refractivity contribution in [3.05, 3.63) is 64.2 Å². The molecule has 2 aromatic rings. The number of carbonyl (C=O) groups excluding carboxylic acids is 1. The zero-order chi connectivity index (χ0) is 15.4. The van der Waals surface area contributed by atoms with Gasteiger partial charge >= 0.3 is 5.97 Å². The molecule has 0 unspecified atom stereocenters. The topological polar surface area (TPSA) is 92.4 Å². The van der Waals surface area contributed by atoms with Crippen LogP contribution in [0.5, 0.6) is 0 Å². The molecular weight excluding hydrogens is 292 g/mol. The number of hydrogen-bond acceptors (Lipinski definition) is 3. The van der Waals surface area contributed by atoms with Gasteiger partial charge in [-0.2, -0.15) is 0 Å². The average molecular weight is 305 g/mol. The Morgan fingerprint density at radius 2 is 1.81 bits per heavy atom. The second-order valence-corrected chi connectivity index (χ2v) is 4.82. The highest BCUT2D eigenvalue weighted by molar-refractivity contribution is 6.33. The molecule has 4 N–H and O–H groups in total. The minimum atomic E-state index is -0.960. The van der Waals surface area contributed by atoms with Crippen LogP contribution in [0.3, 0.4) is 0 Å². The molecule has 108 valence electrons. The smallest absolute Gasteiger partial charge is 0.335 e. The Labute approximate surface area is 126 Å². The number of carboxylic acids is 1. The van der Waals surface area contributed by atoms with E-state index in [2.05, 4.69) is 5.32 Å². The first-order chi connectivity index (χ1) is 9.97. The standard InChI is InChI=1S/C15H13ClN2O3/c16-13-6-5-11(7-12(13)14(17)19)18-8-9-1-3-10(4-2-9)15(20)21/h1-7,18H,8H2,(H2,17,19)(H,20,21). The van der Waals surface area contributed by atoms with Gasteiger partial charge in [-0.1, -0.05) is 23.7 Å². The van der Waals surface area contributed by atoms with E-state index in [1.807, 2.05) is 0 Å². The molecule has 0 heterocycles. The van der Waals surface area contributed by atoms with Crippen molar-refractivity contribution in [3.8, 4) is 0 Å². The minimum Gasteiger partial charge on any atom is -0.478 e. The largest absolute Gasteiger partial charge is 0.478 e. The lowest BCUT2D eigenvalue weighted by atomic mass is 10.1. The van der Waals surface area contributed by atoms with E-state index in [1.54, 1.807) is 30.3 Å². The molecule has 0 fully saturated rings. The molecule has 2 rings (SSSR count). The molecule has 0 saturated heterocycles. The first-order valence-corrected chi connectivity index (χ1v) is 6.50. The molecule has 1 amide bonds. The molecule has 0 atom stereocenters. The molecule has 0 radical (unpaired) electrons. The quantitative estimate of drug-likeness (QED) is 0.792. The van der Waals surface area contributed by atoms with Gasteiger partial charge in [0, 0.05) is 12.2 Å². The second kappa shape index (κ2) is 6.28. The molecule has 0 saturated carbocycles. The van der Waals surface area contributed by atoms with Crippen molar-refractivity contribution in [2.75, 3.05) is 5.32 Å². The number of amides is 1. The molecular formula is C15H13ClN2O3. The summed E-state index contributed by atoms with van der Waals surface area (Å²) in [6.45, 7) is 0.486. The first-order valence-electron chi connectivity index (χ1n) is 6.13. The highest BCUT2D eigenvalue weighted by atomic mass is 35.5. The summed E-state index contributed by atoms with van der Waals surface area (Å²) in [7, 11) is 0. The number of aromatic carboxylic acids is 1. The van der Waals surface area contributed by atoms with Crippen molar-refractivity contribution in [2.45, 2.75) is 6.54 Å². The Balaban J connectivity index is 2.07.